The van der Waals surface area contributed by atoms with Gasteiger partial charge in [0.25, 0.3) is 5.91 Å². The van der Waals surface area contributed by atoms with Gasteiger partial charge in [0.15, 0.2) is 0 Å². The molecule has 0 saturated carbocycles. The van der Waals surface area contributed by atoms with Crippen LogP contribution in [0.2, 0.25) is 0 Å². The van der Waals surface area contributed by atoms with E-state index in [2.05, 4.69) is 5.10 Å². The fourth-order valence-corrected chi connectivity index (χ4v) is 1.81. The van der Waals surface area contributed by atoms with Crippen molar-refractivity contribution in [1.82, 2.24) is 14.7 Å². The van der Waals surface area contributed by atoms with Crippen molar-refractivity contribution in [1.29, 1.82) is 0 Å². The van der Waals surface area contributed by atoms with Gasteiger partial charge in [0.2, 0.25) is 0 Å². The van der Waals surface area contributed by atoms with Gasteiger partial charge in [-0.25, -0.2) is 0 Å². The minimum atomic E-state index is -4.50. The Bertz CT molecular complexity index is 457. The molecule has 0 bridgehead atoms. The summed E-state index contributed by atoms with van der Waals surface area (Å²) in [6, 6.07) is 1.49. The molecule has 0 atom stereocenters. The van der Waals surface area contributed by atoms with Gasteiger partial charge in [-0.3, -0.25) is 9.48 Å². The van der Waals surface area contributed by atoms with Crippen LogP contribution in [0.25, 0.3) is 0 Å². The summed E-state index contributed by atoms with van der Waals surface area (Å²) in [6.07, 6.45) is -3.91. The summed E-state index contributed by atoms with van der Waals surface area (Å²) < 4.78 is 38.8. The number of rotatable bonds is 6. The van der Waals surface area contributed by atoms with Gasteiger partial charge in [-0.1, -0.05) is 6.92 Å². The predicted octanol–water partition coefficient (Wildman–Crippen LogP) is 1.46. The van der Waals surface area contributed by atoms with Gasteiger partial charge in [0.05, 0.1) is 12.3 Å². The number of aromatic nitrogens is 2. The summed E-state index contributed by atoms with van der Waals surface area (Å²) in [5.41, 5.74) is 0.758. The van der Waals surface area contributed by atoms with Crippen molar-refractivity contribution in [3.8, 4) is 0 Å². The molecule has 0 saturated heterocycles. The van der Waals surface area contributed by atoms with Crippen molar-refractivity contribution in [2.45, 2.75) is 33.0 Å². The van der Waals surface area contributed by atoms with Crippen LogP contribution in [0.4, 0.5) is 13.2 Å². The quantitative estimate of drug-likeness (QED) is 0.864. The summed E-state index contributed by atoms with van der Waals surface area (Å²) in [5.74, 6) is -0.773. The van der Waals surface area contributed by atoms with Crippen LogP contribution >= 0.6 is 0 Å². The van der Waals surface area contributed by atoms with Crippen LogP contribution in [-0.2, 0) is 13.0 Å². The lowest BCUT2D eigenvalue weighted by molar-refractivity contribution is -0.141. The maximum atomic E-state index is 12.5. The first-order chi connectivity index (χ1) is 9.32. The van der Waals surface area contributed by atoms with Gasteiger partial charge in [0, 0.05) is 13.1 Å². The molecule has 1 aromatic rings. The standard InChI is InChI=1S/C12H18F3N3O2/c1-3-9-7-10(18(4-2)16-9)11(20)17(5-6-19)8-12(13,14)15/h7,19H,3-6,8H2,1-2H3. The average molecular weight is 293 g/mol. The molecule has 0 spiro atoms. The van der Waals surface area contributed by atoms with E-state index in [0.717, 1.165) is 0 Å². The second-order valence-electron chi connectivity index (χ2n) is 4.26. The highest BCUT2D eigenvalue weighted by Crippen LogP contribution is 2.18. The van der Waals surface area contributed by atoms with Crippen molar-refractivity contribution in [2.24, 2.45) is 0 Å². The molecule has 114 valence electrons. The van der Waals surface area contributed by atoms with Gasteiger partial charge in [-0.2, -0.15) is 18.3 Å². The van der Waals surface area contributed by atoms with E-state index in [1.54, 1.807) is 6.92 Å². The monoisotopic (exact) mass is 293 g/mol. The Kier molecular flexibility index (Phi) is 5.55. The molecule has 0 fully saturated rings. The number of carbonyl (C=O) groups excluding carboxylic acids is 1. The Morgan fingerprint density at radius 1 is 1.45 bits per heavy atom. The SMILES string of the molecule is CCc1cc(C(=O)N(CCO)CC(F)(F)F)n(CC)n1. The number of aliphatic hydroxyl groups is 1. The Balaban J connectivity index is 3.02. The van der Waals surface area contributed by atoms with Crippen LogP contribution in [-0.4, -0.2) is 51.6 Å². The van der Waals surface area contributed by atoms with Crippen LogP contribution in [0.3, 0.4) is 0 Å². The number of aryl methyl sites for hydroxylation is 2. The fraction of sp³-hybridized carbons (Fsp3) is 0.667. The molecule has 1 amide bonds. The second-order valence-corrected chi connectivity index (χ2v) is 4.26. The molecule has 1 rings (SSSR count). The molecule has 0 radical (unpaired) electrons. The molecule has 0 aliphatic heterocycles. The maximum Gasteiger partial charge on any atom is 0.406 e. The van der Waals surface area contributed by atoms with Gasteiger partial charge in [-0.15, -0.1) is 0 Å². The predicted molar refractivity (Wildman–Crippen MR) is 66.3 cm³/mol. The molecule has 0 aliphatic rings. The average Bonchev–Trinajstić information content (AvgIpc) is 2.79. The van der Waals surface area contributed by atoms with Crippen LogP contribution < -0.4 is 0 Å². The number of alkyl halides is 3. The van der Waals surface area contributed by atoms with Crippen LogP contribution in [0.5, 0.6) is 0 Å². The normalized spacial score (nSPS) is 11.7. The Labute approximate surface area is 115 Å². The topological polar surface area (TPSA) is 58.4 Å². The first-order valence-electron chi connectivity index (χ1n) is 6.36. The third kappa shape index (κ3) is 4.22. The lowest BCUT2D eigenvalue weighted by Crippen LogP contribution is -2.41. The molecule has 0 aromatic carbocycles. The molecule has 5 nitrogen and oxygen atoms in total. The van der Waals surface area contributed by atoms with Crippen molar-refractivity contribution in [2.75, 3.05) is 19.7 Å². The highest BCUT2D eigenvalue weighted by atomic mass is 19.4. The van der Waals surface area contributed by atoms with Crippen molar-refractivity contribution >= 4 is 5.91 Å². The number of hydrogen-bond acceptors (Lipinski definition) is 3. The van der Waals surface area contributed by atoms with Crippen LogP contribution in [0, 0.1) is 0 Å². The lowest BCUT2D eigenvalue weighted by Gasteiger charge is -2.23. The number of aliphatic hydroxyl groups excluding tert-OH is 1. The smallest absolute Gasteiger partial charge is 0.395 e. The van der Waals surface area contributed by atoms with E-state index >= 15 is 0 Å². The number of hydrogen-bond donors (Lipinski definition) is 1. The van der Waals surface area contributed by atoms with Crippen molar-refractivity contribution < 1.29 is 23.1 Å². The summed E-state index contributed by atoms with van der Waals surface area (Å²) in [5, 5.41) is 13.0. The molecule has 0 unspecified atom stereocenters. The zero-order chi connectivity index (χ0) is 15.3. The molecular weight excluding hydrogens is 275 g/mol. The largest absolute Gasteiger partial charge is 0.406 e. The van der Waals surface area contributed by atoms with E-state index < -0.39 is 25.2 Å². The van der Waals surface area contributed by atoms with E-state index in [9.17, 15) is 18.0 Å². The number of carbonyl (C=O) groups is 1. The number of nitrogens with zero attached hydrogens (tertiary/aromatic N) is 3. The third-order valence-corrected chi connectivity index (χ3v) is 2.74. The zero-order valence-corrected chi connectivity index (χ0v) is 11.4. The van der Waals surface area contributed by atoms with Crippen molar-refractivity contribution in [3.05, 3.63) is 17.5 Å². The third-order valence-electron chi connectivity index (χ3n) is 2.74. The maximum absolute atomic E-state index is 12.5. The van der Waals surface area contributed by atoms with Gasteiger partial charge in [-0.05, 0) is 19.4 Å². The first-order valence-corrected chi connectivity index (χ1v) is 6.36. The summed E-state index contributed by atoms with van der Waals surface area (Å²) in [7, 11) is 0. The van der Waals surface area contributed by atoms with E-state index in [4.69, 9.17) is 5.11 Å². The minimum Gasteiger partial charge on any atom is -0.395 e. The van der Waals surface area contributed by atoms with E-state index in [0.29, 0.717) is 23.6 Å². The molecule has 1 aromatic heterocycles. The van der Waals surface area contributed by atoms with Crippen molar-refractivity contribution in [3.63, 3.8) is 0 Å². The first kappa shape index (κ1) is 16.5. The Morgan fingerprint density at radius 3 is 2.55 bits per heavy atom. The van der Waals surface area contributed by atoms with Gasteiger partial charge < -0.3 is 10.0 Å². The molecule has 20 heavy (non-hydrogen) atoms. The zero-order valence-electron chi connectivity index (χ0n) is 11.4. The summed E-state index contributed by atoms with van der Waals surface area (Å²) in [4.78, 5) is 12.8. The molecule has 8 heteroatoms. The van der Waals surface area contributed by atoms with Crippen LogP contribution in [0.1, 0.15) is 30.0 Å². The molecular formula is C12H18F3N3O2. The number of amides is 1. The molecule has 1 heterocycles. The van der Waals surface area contributed by atoms with Gasteiger partial charge in [0.1, 0.15) is 12.2 Å². The highest BCUT2D eigenvalue weighted by Gasteiger charge is 2.34. The van der Waals surface area contributed by atoms with E-state index in [-0.39, 0.29) is 12.2 Å². The minimum absolute atomic E-state index is 0.113. The van der Waals surface area contributed by atoms with Gasteiger partial charge >= 0.3 is 6.18 Å². The highest BCUT2D eigenvalue weighted by molar-refractivity contribution is 5.92. The Hall–Kier alpha value is -1.57. The number of halogens is 3. The second kappa shape index (κ2) is 6.74. The van der Waals surface area contributed by atoms with Crippen LogP contribution in [0.15, 0.2) is 6.07 Å². The molecule has 1 N–H and O–H groups in total. The summed E-state index contributed by atoms with van der Waals surface area (Å²) in [6.45, 7) is 1.71. The van der Waals surface area contributed by atoms with E-state index in [1.165, 1.54) is 10.7 Å². The lowest BCUT2D eigenvalue weighted by atomic mass is 10.2. The Morgan fingerprint density at radius 2 is 2.10 bits per heavy atom. The van der Waals surface area contributed by atoms with E-state index in [1.807, 2.05) is 6.92 Å². The fourth-order valence-electron chi connectivity index (χ4n) is 1.81. The molecule has 0 aliphatic carbocycles. The summed E-state index contributed by atoms with van der Waals surface area (Å²) >= 11 is 0.